The van der Waals surface area contributed by atoms with Crippen molar-refractivity contribution >= 4 is 23.1 Å². The summed E-state index contributed by atoms with van der Waals surface area (Å²) >= 11 is 0. The van der Waals surface area contributed by atoms with Crippen molar-refractivity contribution in [2.75, 3.05) is 50.6 Å². The molecule has 3 aromatic rings. The van der Waals surface area contributed by atoms with Gasteiger partial charge in [0.05, 0.1) is 35.7 Å². The molecule has 0 spiro atoms. The monoisotopic (exact) mass is 451 g/mol. The number of aryl methyl sites for hydroxylation is 1. The van der Waals surface area contributed by atoms with Crippen LogP contribution < -0.4 is 15.8 Å². The molecule has 0 saturated carbocycles. The fourth-order valence-corrected chi connectivity index (χ4v) is 3.77. The lowest BCUT2D eigenvalue weighted by molar-refractivity contribution is 0.0303. The van der Waals surface area contributed by atoms with Crippen LogP contribution >= 0.6 is 0 Å². The van der Waals surface area contributed by atoms with E-state index in [9.17, 15) is 14.0 Å². The molecule has 0 unspecified atom stereocenters. The highest BCUT2D eigenvalue weighted by Gasteiger charge is 2.22. The third-order valence-electron chi connectivity index (χ3n) is 5.50. The number of rotatable bonds is 5. The number of morpholine rings is 1. The van der Waals surface area contributed by atoms with E-state index in [0.29, 0.717) is 49.1 Å². The highest BCUT2D eigenvalue weighted by molar-refractivity contribution is 6.00. The van der Waals surface area contributed by atoms with Crippen LogP contribution in [-0.2, 0) is 4.74 Å². The van der Waals surface area contributed by atoms with Crippen molar-refractivity contribution in [3.63, 3.8) is 0 Å². The van der Waals surface area contributed by atoms with Crippen LogP contribution in [-0.4, -0.2) is 61.2 Å². The molecule has 2 aromatic heterocycles. The maximum Gasteiger partial charge on any atom is 0.257 e. The number of hydrogen-bond donors (Lipinski definition) is 2. The highest BCUT2D eigenvalue weighted by atomic mass is 19.1. The van der Waals surface area contributed by atoms with Gasteiger partial charge in [-0.3, -0.25) is 14.6 Å². The second-order valence-electron chi connectivity index (χ2n) is 8.10. The maximum atomic E-state index is 14.6. The van der Waals surface area contributed by atoms with Crippen LogP contribution in [0.15, 0.2) is 47.5 Å². The molecule has 1 aliphatic heterocycles. The third-order valence-corrected chi connectivity index (χ3v) is 5.50. The number of aromatic amines is 1. The molecule has 4 rings (SSSR count). The number of benzene rings is 1. The smallest absolute Gasteiger partial charge is 0.257 e. The van der Waals surface area contributed by atoms with E-state index in [2.05, 4.69) is 15.3 Å². The van der Waals surface area contributed by atoms with Crippen LogP contribution in [0.3, 0.4) is 0 Å². The summed E-state index contributed by atoms with van der Waals surface area (Å²) in [5.41, 5.74) is 2.30. The number of carbonyl (C=O) groups is 1. The van der Waals surface area contributed by atoms with Gasteiger partial charge in [-0.05, 0) is 31.2 Å². The molecule has 0 aliphatic carbocycles. The van der Waals surface area contributed by atoms with E-state index in [1.807, 2.05) is 6.92 Å². The number of halogens is 1. The van der Waals surface area contributed by atoms with E-state index >= 15 is 0 Å². The van der Waals surface area contributed by atoms with E-state index < -0.39 is 11.4 Å². The number of anilines is 3. The van der Waals surface area contributed by atoms with Crippen molar-refractivity contribution in [2.24, 2.45) is 0 Å². The lowest BCUT2D eigenvalue weighted by Crippen LogP contribution is -2.40. The molecule has 2 N–H and O–H groups in total. The quantitative estimate of drug-likeness (QED) is 0.619. The molecule has 1 amide bonds. The van der Waals surface area contributed by atoms with Gasteiger partial charge in [-0.15, -0.1) is 0 Å². The van der Waals surface area contributed by atoms with Gasteiger partial charge in [0, 0.05) is 45.1 Å². The summed E-state index contributed by atoms with van der Waals surface area (Å²) in [5.74, 6) is -0.144. The Labute approximate surface area is 191 Å². The number of nitrogens with zero attached hydrogens (tertiary/aromatic N) is 3. The minimum absolute atomic E-state index is 0.158. The van der Waals surface area contributed by atoms with E-state index in [1.165, 1.54) is 12.3 Å². The Hall–Kier alpha value is -3.72. The third kappa shape index (κ3) is 4.73. The van der Waals surface area contributed by atoms with E-state index in [-0.39, 0.29) is 17.0 Å². The summed E-state index contributed by atoms with van der Waals surface area (Å²) in [6.07, 6.45) is 3.10. The predicted octanol–water partition coefficient (Wildman–Crippen LogP) is 3.17. The molecule has 1 fully saturated rings. The number of H-pyrrole nitrogens is 1. The van der Waals surface area contributed by atoms with Gasteiger partial charge in [-0.2, -0.15) is 0 Å². The van der Waals surface area contributed by atoms with Gasteiger partial charge in [0.2, 0.25) is 0 Å². The fraction of sp³-hybridized carbons (Fsp3) is 0.292. The molecule has 0 bridgehead atoms. The van der Waals surface area contributed by atoms with Gasteiger partial charge >= 0.3 is 0 Å². The van der Waals surface area contributed by atoms with Crippen molar-refractivity contribution < 1.29 is 13.9 Å². The van der Waals surface area contributed by atoms with Crippen molar-refractivity contribution in [2.45, 2.75) is 6.92 Å². The molecule has 1 saturated heterocycles. The lowest BCUT2D eigenvalue weighted by Gasteiger charge is -2.27. The largest absolute Gasteiger partial charge is 0.378 e. The number of carbonyl (C=O) groups excluding carboxylic acids is 1. The van der Waals surface area contributed by atoms with Crippen LogP contribution in [0.5, 0.6) is 0 Å². The summed E-state index contributed by atoms with van der Waals surface area (Å²) in [6.45, 7) is 3.83. The fourth-order valence-electron chi connectivity index (χ4n) is 3.77. The Morgan fingerprint density at radius 2 is 1.91 bits per heavy atom. The van der Waals surface area contributed by atoms with Crippen molar-refractivity contribution in [3.8, 4) is 11.1 Å². The summed E-state index contributed by atoms with van der Waals surface area (Å²) in [5, 5.41) is 3.26. The van der Waals surface area contributed by atoms with Gasteiger partial charge in [0.25, 0.3) is 11.5 Å². The van der Waals surface area contributed by atoms with Gasteiger partial charge < -0.3 is 24.8 Å². The van der Waals surface area contributed by atoms with Crippen LogP contribution in [0.1, 0.15) is 15.9 Å². The summed E-state index contributed by atoms with van der Waals surface area (Å²) in [7, 11) is 3.57. The van der Waals surface area contributed by atoms with E-state index in [1.54, 1.807) is 54.4 Å². The molecule has 33 heavy (non-hydrogen) atoms. The van der Waals surface area contributed by atoms with Crippen LogP contribution in [0.25, 0.3) is 11.1 Å². The molecule has 8 nitrogen and oxygen atoms in total. The summed E-state index contributed by atoms with van der Waals surface area (Å²) < 4.78 is 19.9. The summed E-state index contributed by atoms with van der Waals surface area (Å²) in [4.78, 5) is 36.4. The molecule has 3 heterocycles. The van der Waals surface area contributed by atoms with Crippen LogP contribution in [0.2, 0.25) is 0 Å². The number of nitrogens with one attached hydrogen (secondary N) is 2. The Kier molecular flexibility index (Phi) is 6.41. The molecule has 1 aliphatic rings. The molecular formula is C24H26FN5O3. The van der Waals surface area contributed by atoms with Crippen LogP contribution in [0, 0.1) is 12.7 Å². The predicted molar refractivity (Wildman–Crippen MR) is 126 cm³/mol. The Morgan fingerprint density at radius 1 is 1.15 bits per heavy atom. The molecule has 9 heteroatoms. The zero-order chi connectivity index (χ0) is 23.5. The molecule has 0 radical (unpaired) electrons. The Morgan fingerprint density at radius 3 is 2.64 bits per heavy atom. The zero-order valence-corrected chi connectivity index (χ0v) is 18.8. The zero-order valence-electron chi connectivity index (χ0n) is 18.8. The number of pyridine rings is 2. The van der Waals surface area contributed by atoms with E-state index in [4.69, 9.17) is 4.74 Å². The first-order chi connectivity index (χ1) is 15.8. The second kappa shape index (κ2) is 9.41. The molecular weight excluding hydrogens is 425 g/mol. The van der Waals surface area contributed by atoms with Crippen molar-refractivity contribution in [3.05, 3.63) is 70.0 Å². The normalized spacial score (nSPS) is 13.6. The van der Waals surface area contributed by atoms with Crippen molar-refractivity contribution in [1.82, 2.24) is 14.9 Å². The molecule has 1 aromatic carbocycles. The topological polar surface area (TPSA) is 90.6 Å². The first-order valence-electron chi connectivity index (χ1n) is 10.6. The highest BCUT2D eigenvalue weighted by Crippen LogP contribution is 2.31. The van der Waals surface area contributed by atoms with Gasteiger partial charge in [0.15, 0.2) is 0 Å². The average Bonchev–Trinajstić information content (AvgIpc) is 2.82. The van der Waals surface area contributed by atoms with Gasteiger partial charge in [-0.25, -0.2) is 4.39 Å². The molecule has 0 atom stereocenters. The van der Waals surface area contributed by atoms with Gasteiger partial charge in [-0.1, -0.05) is 11.6 Å². The SMILES string of the molecule is Cc1ccc(F)c(-c2cc(Nc3ccncc3C(=O)N3CCOCC3)c(N(C)C)[nH]c2=O)c1. The number of amides is 1. The number of hydrogen-bond acceptors (Lipinski definition) is 6. The standard InChI is InChI=1S/C24H26FN5O3/c1-15-4-5-19(25)16(12-15)17-13-21(22(29(2)3)28-23(17)31)27-20-6-7-26-14-18(20)24(32)30-8-10-33-11-9-30/h4-7,12-14H,8-11H2,1-3H3,(H,26,27)(H,28,31). The Bertz CT molecular complexity index is 1240. The average molecular weight is 452 g/mol. The first kappa shape index (κ1) is 22.5. The maximum absolute atomic E-state index is 14.6. The van der Waals surface area contributed by atoms with Crippen LogP contribution in [0.4, 0.5) is 21.6 Å². The minimum Gasteiger partial charge on any atom is -0.378 e. The number of ether oxygens (including phenoxy) is 1. The minimum atomic E-state index is -0.484. The molecule has 172 valence electrons. The van der Waals surface area contributed by atoms with E-state index in [0.717, 1.165) is 5.56 Å². The Balaban J connectivity index is 1.78. The number of aromatic nitrogens is 2. The van der Waals surface area contributed by atoms with Gasteiger partial charge in [0.1, 0.15) is 11.6 Å². The van der Waals surface area contributed by atoms with Crippen molar-refractivity contribution in [1.29, 1.82) is 0 Å². The summed E-state index contributed by atoms with van der Waals surface area (Å²) in [6, 6.07) is 7.94. The first-order valence-corrected chi connectivity index (χ1v) is 10.6. The lowest BCUT2D eigenvalue weighted by atomic mass is 10.0. The second-order valence-corrected chi connectivity index (χ2v) is 8.10.